The third-order valence-electron chi connectivity index (χ3n) is 4.23. The lowest BCUT2D eigenvalue weighted by molar-refractivity contribution is -0.148. The number of carbonyl (C=O) groups excluding carboxylic acids is 1. The number of benzene rings is 1. The molecular weight excluding hydrogens is 314 g/mol. The summed E-state index contributed by atoms with van der Waals surface area (Å²) in [6.07, 6.45) is 0.736. The number of rotatable bonds is 7. The van der Waals surface area contributed by atoms with Crippen molar-refractivity contribution in [2.45, 2.75) is 25.3 Å². The second-order valence-corrected chi connectivity index (χ2v) is 5.97. The van der Waals surface area contributed by atoms with Crippen LogP contribution in [0.2, 0.25) is 0 Å². The van der Waals surface area contributed by atoms with Gasteiger partial charge in [0.15, 0.2) is 17.0 Å². The maximum Gasteiger partial charge on any atom is 0.331 e. The minimum absolute atomic E-state index is 0.00283. The van der Waals surface area contributed by atoms with E-state index < -0.39 is 11.5 Å². The summed E-state index contributed by atoms with van der Waals surface area (Å²) >= 11 is 0. The molecule has 0 bridgehead atoms. The lowest BCUT2D eigenvalue weighted by Gasteiger charge is -2.25. The first-order chi connectivity index (χ1) is 11.4. The topological polar surface area (TPSA) is 94.1 Å². The van der Waals surface area contributed by atoms with E-state index in [0.29, 0.717) is 24.5 Å². The monoisotopic (exact) mass is 337 g/mol. The van der Waals surface area contributed by atoms with Gasteiger partial charge in [0.05, 0.1) is 20.8 Å². The van der Waals surface area contributed by atoms with Crippen LogP contribution in [0.3, 0.4) is 0 Å². The summed E-state index contributed by atoms with van der Waals surface area (Å²) in [4.78, 5) is 23.9. The summed E-state index contributed by atoms with van der Waals surface area (Å²) in [5.74, 6) is -0.552. The van der Waals surface area contributed by atoms with Gasteiger partial charge in [0, 0.05) is 18.9 Å². The van der Waals surface area contributed by atoms with Crippen LogP contribution in [-0.4, -0.2) is 50.0 Å². The maximum atomic E-state index is 12.4. The number of carboxylic acid groups (broad SMARTS) is 1. The zero-order chi connectivity index (χ0) is 17.7. The standard InChI is InChI=1S/C17H23NO6/c1-11(8-12-4-5-13(22-2)14(9-12)23-3)15(19)18-17(16(20)21)6-7-24-10-17/h4-5,9,11H,6-8,10H2,1-3H3,(H,18,19)(H,20,21). The minimum Gasteiger partial charge on any atom is -0.493 e. The van der Waals surface area contributed by atoms with Crippen molar-refractivity contribution in [2.24, 2.45) is 5.92 Å². The molecule has 0 aromatic heterocycles. The highest BCUT2D eigenvalue weighted by Crippen LogP contribution is 2.28. The van der Waals surface area contributed by atoms with E-state index in [1.807, 2.05) is 12.1 Å². The molecule has 0 aliphatic carbocycles. The van der Waals surface area contributed by atoms with Gasteiger partial charge in [-0.3, -0.25) is 4.79 Å². The summed E-state index contributed by atoms with van der Waals surface area (Å²) in [6, 6.07) is 5.45. The van der Waals surface area contributed by atoms with Crippen molar-refractivity contribution in [2.75, 3.05) is 27.4 Å². The van der Waals surface area contributed by atoms with Crippen LogP contribution in [0.5, 0.6) is 11.5 Å². The molecule has 1 heterocycles. The Morgan fingerprint density at radius 1 is 1.33 bits per heavy atom. The van der Waals surface area contributed by atoms with Gasteiger partial charge in [0.1, 0.15) is 0 Å². The fourth-order valence-corrected chi connectivity index (χ4v) is 2.70. The summed E-state index contributed by atoms with van der Waals surface area (Å²) in [7, 11) is 3.11. The Kier molecular flexibility index (Phi) is 5.66. The number of hydrogen-bond acceptors (Lipinski definition) is 5. The number of amides is 1. The van der Waals surface area contributed by atoms with Gasteiger partial charge in [-0.15, -0.1) is 0 Å². The fraction of sp³-hybridized carbons (Fsp3) is 0.529. The number of ether oxygens (including phenoxy) is 3. The molecule has 7 nitrogen and oxygen atoms in total. The third-order valence-corrected chi connectivity index (χ3v) is 4.23. The van der Waals surface area contributed by atoms with Gasteiger partial charge in [-0.25, -0.2) is 4.79 Å². The van der Waals surface area contributed by atoms with Crippen LogP contribution in [0, 0.1) is 5.92 Å². The molecule has 1 aromatic carbocycles. The minimum atomic E-state index is -1.32. The first kappa shape index (κ1) is 18.1. The molecular formula is C17H23NO6. The van der Waals surface area contributed by atoms with Crippen molar-refractivity contribution in [3.63, 3.8) is 0 Å². The molecule has 132 valence electrons. The van der Waals surface area contributed by atoms with Crippen molar-refractivity contribution in [1.29, 1.82) is 0 Å². The molecule has 7 heteroatoms. The van der Waals surface area contributed by atoms with E-state index in [9.17, 15) is 14.7 Å². The average molecular weight is 337 g/mol. The van der Waals surface area contributed by atoms with Crippen LogP contribution >= 0.6 is 0 Å². The second-order valence-electron chi connectivity index (χ2n) is 5.97. The molecule has 1 aliphatic rings. The number of aliphatic carboxylic acids is 1. The van der Waals surface area contributed by atoms with Gasteiger partial charge in [0.2, 0.25) is 5.91 Å². The van der Waals surface area contributed by atoms with E-state index in [4.69, 9.17) is 14.2 Å². The molecule has 2 N–H and O–H groups in total. The Hall–Kier alpha value is -2.28. The van der Waals surface area contributed by atoms with Gasteiger partial charge >= 0.3 is 5.97 Å². The summed E-state index contributed by atoms with van der Waals surface area (Å²) in [5.41, 5.74) is -0.412. The van der Waals surface area contributed by atoms with Gasteiger partial charge < -0.3 is 24.6 Å². The molecule has 24 heavy (non-hydrogen) atoms. The van der Waals surface area contributed by atoms with Crippen LogP contribution in [0.1, 0.15) is 18.9 Å². The zero-order valence-electron chi connectivity index (χ0n) is 14.1. The number of nitrogens with one attached hydrogen (secondary N) is 1. The van der Waals surface area contributed by atoms with Crippen LogP contribution in [0.15, 0.2) is 18.2 Å². The van der Waals surface area contributed by atoms with Crippen molar-refractivity contribution in [1.82, 2.24) is 5.32 Å². The van der Waals surface area contributed by atoms with Gasteiger partial charge in [-0.05, 0) is 24.1 Å². The number of carbonyl (C=O) groups is 2. The molecule has 1 amide bonds. The lowest BCUT2D eigenvalue weighted by Crippen LogP contribution is -2.56. The maximum absolute atomic E-state index is 12.4. The predicted molar refractivity (Wildman–Crippen MR) is 86.4 cm³/mol. The Balaban J connectivity index is 2.05. The lowest BCUT2D eigenvalue weighted by atomic mass is 9.95. The Morgan fingerprint density at radius 3 is 2.58 bits per heavy atom. The molecule has 0 radical (unpaired) electrons. The molecule has 1 aliphatic heterocycles. The van der Waals surface area contributed by atoms with Crippen molar-refractivity contribution < 1.29 is 28.9 Å². The highest BCUT2D eigenvalue weighted by Gasteiger charge is 2.44. The highest BCUT2D eigenvalue weighted by atomic mass is 16.5. The molecule has 1 fully saturated rings. The first-order valence-corrected chi connectivity index (χ1v) is 7.76. The Morgan fingerprint density at radius 2 is 2.04 bits per heavy atom. The Labute approximate surface area is 140 Å². The molecule has 1 saturated heterocycles. The average Bonchev–Trinajstić information content (AvgIpc) is 3.04. The molecule has 2 rings (SSSR count). The zero-order valence-corrected chi connectivity index (χ0v) is 14.1. The second kappa shape index (κ2) is 7.53. The van der Waals surface area contributed by atoms with E-state index in [1.54, 1.807) is 27.2 Å². The van der Waals surface area contributed by atoms with Crippen molar-refractivity contribution >= 4 is 11.9 Å². The number of methoxy groups -OCH3 is 2. The smallest absolute Gasteiger partial charge is 0.331 e. The van der Waals surface area contributed by atoms with Crippen molar-refractivity contribution in [3.05, 3.63) is 23.8 Å². The highest BCUT2D eigenvalue weighted by molar-refractivity contribution is 5.88. The first-order valence-electron chi connectivity index (χ1n) is 7.76. The van der Waals surface area contributed by atoms with Gasteiger partial charge in [0.25, 0.3) is 0 Å². The molecule has 1 aromatic rings. The fourth-order valence-electron chi connectivity index (χ4n) is 2.70. The van der Waals surface area contributed by atoms with E-state index in [0.717, 1.165) is 5.56 Å². The van der Waals surface area contributed by atoms with Crippen LogP contribution in [0.4, 0.5) is 0 Å². The van der Waals surface area contributed by atoms with E-state index >= 15 is 0 Å². The normalized spacial score (nSPS) is 21.1. The van der Waals surface area contributed by atoms with Crippen LogP contribution in [0.25, 0.3) is 0 Å². The number of carboxylic acids is 1. The summed E-state index contributed by atoms with van der Waals surface area (Å²) in [6.45, 7) is 2.09. The van der Waals surface area contributed by atoms with Crippen LogP contribution in [-0.2, 0) is 20.7 Å². The SMILES string of the molecule is COc1ccc(CC(C)C(=O)NC2(C(=O)O)CCOC2)cc1OC. The Bertz CT molecular complexity index is 609. The van der Waals surface area contributed by atoms with Gasteiger partial charge in [-0.2, -0.15) is 0 Å². The van der Waals surface area contributed by atoms with Gasteiger partial charge in [-0.1, -0.05) is 13.0 Å². The summed E-state index contributed by atoms with van der Waals surface area (Å²) in [5, 5.41) is 12.0. The number of hydrogen-bond donors (Lipinski definition) is 2. The van der Waals surface area contributed by atoms with Crippen molar-refractivity contribution in [3.8, 4) is 11.5 Å². The van der Waals surface area contributed by atoms with E-state index in [-0.39, 0.29) is 24.9 Å². The van der Waals surface area contributed by atoms with E-state index in [2.05, 4.69) is 5.32 Å². The van der Waals surface area contributed by atoms with E-state index in [1.165, 1.54) is 0 Å². The molecule has 0 spiro atoms. The molecule has 2 unspecified atom stereocenters. The predicted octanol–water partition coefficient (Wildman–Crippen LogP) is 1.24. The molecule has 0 saturated carbocycles. The van der Waals surface area contributed by atoms with Crippen LogP contribution < -0.4 is 14.8 Å². The largest absolute Gasteiger partial charge is 0.493 e. The summed E-state index contributed by atoms with van der Waals surface area (Å²) < 4.78 is 15.6. The molecule has 2 atom stereocenters. The quantitative estimate of drug-likeness (QED) is 0.777. The third kappa shape index (κ3) is 3.79.